The van der Waals surface area contributed by atoms with Crippen molar-refractivity contribution in [2.75, 3.05) is 6.54 Å². The van der Waals surface area contributed by atoms with Gasteiger partial charge in [0.25, 0.3) is 0 Å². The third-order valence-electron chi connectivity index (χ3n) is 4.17. The Morgan fingerprint density at radius 1 is 1.24 bits per heavy atom. The molecule has 0 saturated heterocycles. The van der Waals surface area contributed by atoms with E-state index in [1.54, 1.807) is 0 Å². The van der Waals surface area contributed by atoms with Crippen molar-refractivity contribution in [2.45, 2.75) is 45.6 Å². The maximum atomic E-state index is 4.81. The summed E-state index contributed by atoms with van der Waals surface area (Å²) in [7, 11) is 0. The van der Waals surface area contributed by atoms with Crippen LogP contribution < -0.4 is 5.32 Å². The van der Waals surface area contributed by atoms with Crippen molar-refractivity contribution >= 4 is 0 Å². The van der Waals surface area contributed by atoms with Gasteiger partial charge in [0.2, 0.25) is 0 Å². The van der Waals surface area contributed by atoms with Gasteiger partial charge in [-0.1, -0.05) is 36.8 Å². The van der Waals surface area contributed by atoms with Crippen molar-refractivity contribution in [3.8, 4) is 0 Å². The Labute approximate surface area is 126 Å². The summed E-state index contributed by atoms with van der Waals surface area (Å²) in [5, 5.41) is 3.54. The van der Waals surface area contributed by atoms with E-state index < -0.39 is 0 Å². The molecule has 1 aliphatic rings. The van der Waals surface area contributed by atoms with Gasteiger partial charge < -0.3 is 5.32 Å². The molecule has 3 nitrogen and oxygen atoms in total. The third-order valence-corrected chi connectivity index (χ3v) is 4.17. The van der Waals surface area contributed by atoms with Gasteiger partial charge in [0.1, 0.15) is 5.82 Å². The molecular weight excluding hydrogens is 258 g/mol. The van der Waals surface area contributed by atoms with Crippen LogP contribution in [-0.2, 0) is 12.8 Å². The number of aromatic nitrogens is 2. The Kier molecular flexibility index (Phi) is 4.30. The van der Waals surface area contributed by atoms with E-state index in [1.165, 1.54) is 35.2 Å². The fourth-order valence-electron chi connectivity index (χ4n) is 3.02. The largest absolute Gasteiger partial charge is 0.310 e. The van der Waals surface area contributed by atoms with Gasteiger partial charge in [-0.15, -0.1) is 0 Å². The summed E-state index contributed by atoms with van der Waals surface area (Å²) in [4.78, 5) is 9.40. The van der Waals surface area contributed by atoms with Gasteiger partial charge >= 0.3 is 0 Å². The van der Waals surface area contributed by atoms with Crippen LogP contribution in [0.15, 0.2) is 30.5 Å². The molecule has 110 valence electrons. The lowest BCUT2D eigenvalue weighted by atomic mass is 9.92. The lowest BCUT2D eigenvalue weighted by Crippen LogP contribution is -2.26. The van der Waals surface area contributed by atoms with Gasteiger partial charge in [-0.25, -0.2) is 9.97 Å². The van der Waals surface area contributed by atoms with Crippen molar-refractivity contribution in [2.24, 2.45) is 0 Å². The second-order valence-corrected chi connectivity index (χ2v) is 5.85. The average Bonchev–Trinajstić information content (AvgIpc) is 2.50. The van der Waals surface area contributed by atoms with Gasteiger partial charge in [0.05, 0.1) is 0 Å². The van der Waals surface area contributed by atoms with E-state index in [1.807, 2.05) is 6.20 Å². The van der Waals surface area contributed by atoms with Crippen molar-refractivity contribution in [1.82, 2.24) is 15.3 Å². The molecule has 3 rings (SSSR count). The van der Waals surface area contributed by atoms with E-state index in [9.17, 15) is 0 Å². The van der Waals surface area contributed by atoms with E-state index in [0.717, 1.165) is 25.2 Å². The minimum absolute atomic E-state index is 0.437. The Morgan fingerprint density at radius 2 is 2.05 bits per heavy atom. The fraction of sp³-hybridized carbons (Fsp3) is 0.444. The van der Waals surface area contributed by atoms with Crippen LogP contribution >= 0.6 is 0 Å². The molecule has 1 unspecified atom stereocenters. The SMILES string of the molecule is CCNC1CCCc2nc(Cc3ccc(C)cc3)ncc21. The highest BCUT2D eigenvalue weighted by Crippen LogP contribution is 2.28. The molecule has 0 aliphatic heterocycles. The zero-order chi connectivity index (χ0) is 14.7. The van der Waals surface area contributed by atoms with Crippen LogP contribution in [-0.4, -0.2) is 16.5 Å². The van der Waals surface area contributed by atoms with Crippen LogP contribution in [0.4, 0.5) is 0 Å². The molecule has 0 spiro atoms. The van der Waals surface area contributed by atoms with Crippen molar-refractivity contribution < 1.29 is 0 Å². The first kappa shape index (κ1) is 14.2. The summed E-state index contributed by atoms with van der Waals surface area (Å²) in [6, 6.07) is 9.07. The number of aryl methyl sites for hydroxylation is 2. The summed E-state index contributed by atoms with van der Waals surface area (Å²) in [5.41, 5.74) is 5.11. The van der Waals surface area contributed by atoms with Gasteiger partial charge in [-0.3, -0.25) is 0 Å². The predicted molar refractivity (Wildman–Crippen MR) is 85.4 cm³/mol. The predicted octanol–water partition coefficient (Wildman–Crippen LogP) is 3.36. The molecule has 21 heavy (non-hydrogen) atoms. The smallest absolute Gasteiger partial charge is 0.132 e. The fourth-order valence-corrected chi connectivity index (χ4v) is 3.02. The van der Waals surface area contributed by atoms with Crippen LogP contribution in [0.3, 0.4) is 0 Å². The molecule has 1 aromatic carbocycles. The Bertz CT molecular complexity index is 604. The number of hydrogen-bond donors (Lipinski definition) is 1. The standard InChI is InChI=1S/C18H23N3/c1-3-19-16-5-4-6-17-15(16)12-20-18(21-17)11-14-9-7-13(2)8-10-14/h7-10,12,16,19H,3-6,11H2,1-2H3. The minimum Gasteiger partial charge on any atom is -0.310 e. The number of benzene rings is 1. The van der Waals surface area contributed by atoms with E-state index in [-0.39, 0.29) is 0 Å². The molecule has 0 radical (unpaired) electrons. The number of rotatable bonds is 4. The van der Waals surface area contributed by atoms with E-state index in [4.69, 9.17) is 4.98 Å². The van der Waals surface area contributed by atoms with Crippen molar-refractivity contribution in [3.63, 3.8) is 0 Å². The number of nitrogens with zero attached hydrogens (tertiary/aromatic N) is 2. The second kappa shape index (κ2) is 6.35. The van der Waals surface area contributed by atoms with Crippen LogP contribution in [0.1, 0.15) is 54.0 Å². The first-order valence-corrected chi connectivity index (χ1v) is 7.90. The zero-order valence-corrected chi connectivity index (χ0v) is 12.9. The van der Waals surface area contributed by atoms with Crippen LogP contribution in [0.2, 0.25) is 0 Å². The highest BCUT2D eigenvalue weighted by molar-refractivity contribution is 5.27. The minimum atomic E-state index is 0.437. The average molecular weight is 281 g/mol. The van der Waals surface area contributed by atoms with Gasteiger partial charge in [0, 0.05) is 29.9 Å². The lowest BCUT2D eigenvalue weighted by molar-refractivity contribution is 0.463. The summed E-state index contributed by atoms with van der Waals surface area (Å²) < 4.78 is 0. The number of fused-ring (bicyclic) bond motifs is 1. The molecule has 0 saturated carbocycles. The molecular formula is C18H23N3. The molecule has 1 aromatic heterocycles. The Hall–Kier alpha value is -1.74. The molecule has 1 N–H and O–H groups in total. The van der Waals surface area contributed by atoms with E-state index in [2.05, 4.69) is 48.4 Å². The van der Waals surface area contributed by atoms with Gasteiger partial charge in [-0.2, -0.15) is 0 Å². The molecule has 0 fully saturated rings. The quantitative estimate of drug-likeness (QED) is 0.933. The van der Waals surface area contributed by atoms with Crippen LogP contribution in [0.25, 0.3) is 0 Å². The first-order chi connectivity index (χ1) is 10.3. The molecule has 1 aliphatic carbocycles. The topological polar surface area (TPSA) is 37.8 Å². The molecule has 0 bridgehead atoms. The Morgan fingerprint density at radius 3 is 2.81 bits per heavy atom. The first-order valence-electron chi connectivity index (χ1n) is 7.90. The third kappa shape index (κ3) is 3.30. The summed E-state index contributed by atoms with van der Waals surface area (Å²) in [6.45, 7) is 5.26. The van der Waals surface area contributed by atoms with Crippen LogP contribution in [0.5, 0.6) is 0 Å². The molecule has 1 heterocycles. The monoisotopic (exact) mass is 281 g/mol. The molecule has 3 heteroatoms. The maximum Gasteiger partial charge on any atom is 0.132 e. The van der Waals surface area contributed by atoms with E-state index >= 15 is 0 Å². The molecule has 0 amide bonds. The zero-order valence-electron chi connectivity index (χ0n) is 12.9. The van der Waals surface area contributed by atoms with E-state index in [0.29, 0.717) is 6.04 Å². The van der Waals surface area contributed by atoms with Gasteiger partial charge in [0.15, 0.2) is 0 Å². The lowest BCUT2D eigenvalue weighted by Gasteiger charge is -2.25. The number of hydrogen-bond acceptors (Lipinski definition) is 3. The maximum absolute atomic E-state index is 4.81. The van der Waals surface area contributed by atoms with Crippen molar-refractivity contribution in [3.05, 3.63) is 58.7 Å². The number of nitrogens with one attached hydrogen (secondary N) is 1. The summed E-state index contributed by atoms with van der Waals surface area (Å²) in [6.07, 6.45) is 6.35. The summed E-state index contributed by atoms with van der Waals surface area (Å²) >= 11 is 0. The normalized spacial score (nSPS) is 17.5. The van der Waals surface area contributed by atoms with Crippen LogP contribution in [0, 0.1) is 6.92 Å². The highest BCUT2D eigenvalue weighted by Gasteiger charge is 2.21. The molecule has 1 atom stereocenters. The second-order valence-electron chi connectivity index (χ2n) is 5.85. The molecule has 2 aromatic rings. The van der Waals surface area contributed by atoms with Gasteiger partial charge in [-0.05, 0) is 38.3 Å². The highest BCUT2D eigenvalue weighted by atomic mass is 14.9. The summed E-state index contributed by atoms with van der Waals surface area (Å²) in [5.74, 6) is 0.940. The Balaban J connectivity index is 1.80. The van der Waals surface area contributed by atoms with Crippen molar-refractivity contribution in [1.29, 1.82) is 0 Å².